The highest BCUT2D eigenvalue weighted by molar-refractivity contribution is 6.67. The molecule has 15 nitrogen and oxygen atoms in total. The zero-order chi connectivity index (χ0) is 48.9. The van der Waals surface area contributed by atoms with Gasteiger partial charge in [0, 0.05) is 6.42 Å². The second kappa shape index (κ2) is 32.8. The average molecular weight is 1010 g/mol. The predicted octanol–water partition coefficient (Wildman–Crippen LogP) is 10.7. The summed E-state index contributed by atoms with van der Waals surface area (Å²) in [7, 11) is 0. The quantitative estimate of drug-likeness (QED) is 0.0224. The van der Waals surface area contributed by atoms with Gasteiger partial charge >= 0.3 is 24.1 Å². The third-order valence-corrected chi connectivity index (χ3v) is 11.5. The van der Waals surface area contributed by atoms with Crippen LogP contribution in [-0.4, -0.2) is 110 Å². The van der Waals surface area contributed by atoms with Crippen LogP contribution >= 0.6 is 34.8 Å². The summed E-state index contributed by atoms with van der Waals surface area (Å²) in [5.41, 5.74) is 0.906. The van der Waals surface area contributed by atoms with E-state index in [0.29, 0.717) is 12.8 Å². The smallest absolute Gasteiger partial charge is 0.407 e. The Bertz CT molecular complexity index is 1570. The Labute approximate surface area is 413 Å². The van der Waals surface area contributed by atoms with Gasteiger partial charge in [-0.2, -0.15) is 0 Å². The number of ether oxygens (including phenoxy) is 9. The fourth-order valence-corrected chi connectivity index (χ4v) is 7.89. The highest BCUT2D eigenvalue weighted by Crippen LogP contribution is 2.35. The number of alkyl halides is 3. The van der Waals surface area contributed by atoms with E-state index in [-0.39, 0.29) is 51.8 Å². The van der Waals surface area contributed by atoms with Crippen molar-refractivity contribution in [2.24, 2.45) is 0 Å². The van der Waals surface area contributed by atoms with Crippen LogP contribution in [0.2, 0.25) is 0 Å². The number of carbonyl (C=O) groups is 4. The number of hydrogen-bond donors (Lipinski definition) is 2. The molecule has 2 fully saturated rings. The molecule has 2 heterocycles. The molecule has 0 saturated carbocycles. The lowest BCUT2D eigenvalue weighted by Gasteiger charge is -2.50. The summed E-state index contributed by atoms with van der Waals surface area (Å²) in [4.78, 5) is 53.5. The first-order chi connectivity index (χ1) is 32.1. The lowest BCUT2D eigenvalue weighted by molar-refractivity contribution is -0.369. The summed E-state index contributed by atoms with van der Waals surface area (Å²) in [6.45, 7) is 10.7. The maximum absolute atomic E-state index is 14.2. The summed E-state index contributed by atoms with van der Waals surface area (Å²) in [6.07, 6.45) is 10.9. The Hall–Kier alpha value is -2.89. The van der Waals surface area contributed by atoms with E-state index in [2.05, 4.69) is 31.1 Å². The zero-order valence-corrected chi connectivity index (χ0v) is 42.4. The van der Waals surface area contributed by atoms with Gasteiger partial charge < -0.3 is 53.3 Å². The molecule has 7 atom stereocenters. The number of hydrogen-bond acceptors (Lipinski definition) is 13. The number of carbonyl (C=O) groups excluding carboxylic acids is 4. The molecule has 0 aliphatic carbocycles. The van der Waals surface area contributed by atoms with Gasteiger partial charge in [0.25, 0.3) is 0 Å². The van der Waals surface area contributed by atoms with Gasteiger partial charge in [-0.05, 0) is 38.7 Å². The molecule has 0 radical (unpaired) electrons. The van der Waals surface area contributed by atoms with E-state index in [1.807, 2.05) is 30.3 Å². The number of unbranched alkanes of at least 4 members (excludes halogenated alkanes) is 13. The monoisotopic (exact) mass is 1010 g/mol. The van der Waals surface area contributed by atoms with Crippen molar-refractivity contribution in [1.82, 2.24) is 10.6 Å². The minimum absolute atomic E-state index is 0.00301. The Morgan fingerprint density at radius 1 is 0.851 bits per heavy atom. The third-order valence-electron chi connectivity index (χ3n) is 11.2. The molecule has 382 valence electrons. The van der Waals surface area contributed by atoms with Crippen molar-refractivity contribution < 1.29 is 61.8 Å². The molecule has 0 aromatic heterocycles. The summed E-state index contributed by atoms with van der Waals surface area (Å²) in [6, 6.07) is 7.36. The first kappa shape index (κ1) is 58.4. The van der Waals surface area contributed by atoms with Gasteiger partial charge in [-0.1, -0.05) is 175 Å². The van der Waals surface area contributed by atoms with Crippen molar-refractivity contribution in [3.63, 3.8) is 0 Å². The van der Waals surface area contributed by atoms with Crippen LogP contribution in [-0.2, 0) is 58.8 Å². The van der Waals surface area contributed by atoms with Crippen molar-refractivity contribution in [3.05, 3.63) is 48.6 Å². The van der Waals surface area contributed by atoms with Crippen LogP contribution in [0, 0.1) is 0 Å². The van der Waals surface area contributed by atoms with Crippen LogP contribution in [0.3, 0.4) is 0 Å². The lowest BCUT2D eigenvalue weighted by atomic mass is 9.95. The van der Waals surface area contributed by atoms with Crippen molar-refractivity contribution >= 4 is 58.9 Å². The molecule has 2 aliphatic rings. The average Bonchev–Trinajstić information content (AvgIpc) is 3.28. The Balaban J connectivity index is 1.85. The minimum atomic E-state index is -1.93. The molecule has 2 saturated heterocycles. The molecule has 2 amide bonds. The van der Waals surface area contributed by atoms with Gasteiger partial charge in [-0.15, -0.1) is 0 Å². The number of alkyl carbamates (subject to hydrolysis) is 2. The molecule has 0 spiro atoms. The standard InChI is InChI=1S/C49H77Cl3N2O13/c1-6-9-11-13-15-16-17-18-23-27-38(64-40(55)28-24-19-14-12-10-7-2)30-41(56)66-44-42(54-47(58)62-35-49(50,51)52)45(65-39-34-63-48(4,5)67-43(39)44)61-33-37(53-46(57)60-29-8-3)32-59-31-36-25-21-20-22-26-36/h8,20-22,25-26,37-39,42-45H,3,6-7,9-19,23-24,27-35H2,1-2,4-5H3,(H,53,57)(H,54,58)/t37-,38+,39+,42+,43+,44+,45+/m0/s1. The third kappa shape index (κ3) is 25.5. The second-order valence-electron chi connectivity index (χ2n) is 17.7. The predicted molar refractivity (Wildman–Crippen MR) is 257 cm³/mol. The molecule has 2 N–H and O–H groups in total. The zero-order valence-electron chi connectivity index (χ0n) is 40.1. The van der Waals surface area contributed by atoms with Crippen LogP contribution in [0.5, 0.6) is 0 Å². The number of fused-ring (bicyclic) bond motifs is 1. The molecular weight excluding hydrogens is 931 g/mol. The molecule has 0 unspecified atom stereocenters. The van der Waals surface area contributed by atoms with Gasteiger partial charge in [0.15, 0.2) is 18.2 Å². The summed E-state index contributed by atoms with van der Waals surface area (Å²) < 4.78 is 51.7. The van der Waals surface area contributed by atoms with Gasteiger partial charge in [0.1, 0.15) is 37.6 Å². The molecular formula is C49H77Cl3N2O13. The van der Waals surface area contributed by atoms with Crippen molar-refractivity contribution in [1.29, 1.82) is 0 Å². The number of nitrogens with one attached hydrogen (secondary N) is 2. The fourth-order valence-electron chi connectivity index (χ4n) is 7.73. The SMILES string of the molecule is C=CCOC(=O)N[C@@H](COCc1ccccc1)CO[C@@H]1O[C@@H]2COC(C)(C)O[C@H]2[C@H](OC(=O)C[C@@H](CCCCCCCCCCC)OC(=O)CCCCCCCC)[C@H]1NC(=O)OCC(Cl)(Cl)Cl. The van der Waals surface area contributed by atoms with Crippen LogP contribution < -0.4 is 10.6 Å². The second-order valence-corrected chi connectivity index (χ2v) is 20.2. The first-order valence-electron chi connectivity index (χ1n) is 24.3. The first-order valence-corrected chi connectivity index (χ1v) is 25.4. The highest BCUT2D eigenvalue weighted by atomic mass is 35.6. The van der Waals surface area contributed by atoms with E-state index >= 15 is 0 Å². The molecule has 67 heavy (non-hydrogen) atoms. The Morgan fingerprint density at radius 3 is 2.13 bits per heavy atom. The highest BCUT2D eigenvalue weighted by Gasteiger charge is 2.54. The number of amides is 2. The molecule has 18 heteroatoms. The molecule has 3 rings (SSSR count). The topological polar surface area (TPSA) is 175 Å². The minimum Gasteiger partial charge on any atom is -0.462 e. The largest absolute Gasteiger partial charge is 0.462 e. The number of esters is 2. The van der Waals surface area contributed by atoms with Gasteiger partial charge in [0.2, 0.25) is 3.79 Å². The van der Waals surface area contributed by atoms with Gasteiger partial charge in [0.05, 0.1) is 38.9 Å². The molecule has 1 aromatic carbocycles. The van der Waals surface area contributed by atoms with Crippen LogP contribution in [0.15, 0.2) is 43.0 Å². The fraction of sp³-hybridized carbons (Fsp3) is 0.755. The summed E-state index contributed by atoms with van der Waals surface area (Å²) >= 11 is 17.7. The molecule has 0 bridgehead atoms. The van der Waals surface area contributed by atoms with Crippen LogP contribution in [0.1, 0.15) is 149 Å². The maximum atomic E-state index is 14.2. The van der Waals surface area contributed by atoms with E-state index < -0.39 is 77.1 Å². The lowest BCUT2D eigenvalue weighted by Crippen LogP contribution is -2.69. The molecule has 1 aromatic rings. The van der Waals surface area contributed by atoms with E-state index in [1.54, 1.807) is 13.8 Å². The Morgan fingerprint density at radius 2 is 1.49 bits per heavy atom. The van der Waals surface area contributed by atoms with E-state index in [0.717, 1.165) is 63.4 Å². The van der Waals surface area contributed by atoms with Crippen LogP contribution in [0.4, 0.5) is 9.59 Å². The maximum Gasteiger partial charge on any atom is 0.407 e. The van der Waals surface area contributed by atoms with Crippen LogP contribution in [0.25, 0.3) is 0 Å². The van der Waals surface area contributed by atoms with Gasteiger partial charge in [-0.25, -0.2) is 9.59 Å². The van der Waals surface area contributed by atoms with Gasteiger partial charge in [-0.3, -0.25) is 9.59 Å². The summed E-state index contributed by atoms with van der Waals surface area (Å²) in [5, 5.41) is 5.42. The van der Waals surface area contributed by atoms with Crippen molar-refractivity contribution in [3.8, 4) is 0 Å². The number of halogens is 3. The van der Waals surface area contributed by atoms with E-state index in [1.165, 1.54) is 38.2 Å². The molecule has 2 aliphatic heterocycles. The van der Waals surface area contributed by atoms with E-state index in [9.17, 15) is 19.2 Å². The van der Waals surface area contributed by atoms with E-state index in [4.69, 9.17) is 77.4 Å². The van der Waals surface area contributed by atoms with Crippen molar-refractivity contribution in [2.75, 3.05) is 33.0 Å². The van der Waals surface area contributed by atoms with Crippen molar-refractivity contribution in [2.45, 2.75) is 202 Å². The normalized spacial score (nSPS) is 21.0. The Kier molecular flexibility index (Phi) is 28.6. The number of rotatable bonds is 33. The number of benzene rings is 1. The summed E-state index contributed by atoms with van der Waals surface area (Å²) in [5.74, 6) is -2.21.